The van der Waals surface area contributed by atoms with Crippen molar-refractivity contribution in [3.63, 3.8) is 0 Å². The molecule has 2 rings (SSSR count). The molecule has 4 unspecified atom stereocenters. The number of carbonyl (C=O) groups is 5. The number of aliphatic carboxylic acids is 1. The molecule has 1 heterocycles. The van der Waals surface area contributed by atoms with Gasteiger partial charge in [-0.3, -0.25) is 24.0 Å². The number of amides is 4. The number of fused-ring (bicyclic) bond motifs is 1. The molecule has 0 aliphatic heterocycles. The van der Waals surface area contributed by atoms with Crippen molar-refractivity contribution in [1.82, 2.24) is 20.9 Å². The van der Waals surface area contributed by atoms with E-state index < -0.39 is 60.2 Å². The Morgan fingerprint density at radius 1 is 0.970 bits per heavy atom. The van der Waals surface area contributed by atoms with Crippen LogP contribution in [0, 0.1) is 0 Å². The van der Waals surface area contributed by atoms with Gasteiger partial charge in [-0.15, -0.1) is 0 Å². The maximum absolute atomic E-state index is 13.1. The van der Waals surface area contributed by atoms with Crippen LogP contribution in [0.25, 0.3) is 10.9 Å². The van der Waals surface area contributed by atoms with E-state index in [0.29, 0.717) is 0 Å². The molecule has 12 heteroatoms. The lowest BCUT2D eigenvalue weighted by molar-refractivity contribution is -0.142. The van der Waals surface area contributed by atoms with Gasteiger partial charge >= 0.3 is 5.97 Å². The zero-order valence-corrected chi connectivity index (χ0v) is 18.3. The molecule has 0 aliphatic rings. The first-order chi connectivity index (χ1) is 15.5. The molecule has 0 aliphatic carbocycles. The molecule has 1 aromatic heterocycles. The Morgan fingerprint density at radius 3 is 2.18 bits per heavy atom. The zero-order valence-electron chi connectivity index (χ0n) is 18.3. The van der Waals surface area contributed by atoms with Crippen LogP contribution >= 0.6 is 0 Å². The normalized spacial score (nSPS) is 14.5. The van der Waals surface area contributed by atoms with E-state index in [4.69, 9.17) is 16.6 Å². The smallest absolute Gasteiger partial charge is 0.325 e. The molecular formula is C21H28N6O6. The first kappa shape index (κ1) is 25.3. The average molecular weight is 460 g/mol. The van der Waals surface area contributed by atoms with Gasteiger partial charge in [0.25, 0.3) is 0 Å². The predicted molar refractivity (Wildman–Crippen MR) is 119 cm³/mol. The van der Waals surface area contributed by atoms with E-state index in [-0.39, 0.29) is 6.42 Å². The Kier molecular flexibility index (Phi) is 8.51. The lowest BCUT2D eigenvalue weighted by Crippen LogP contribution is -2.57. The summed E-state index contributed by atoms with van der Waals surface area (Å²) in [7, 11) is 0. The van der Waals surface area contributed by atoms with Crippen LogP contribution in [0.5, 0.6) is 0 Å². The number of carbonyl (C=O) groups excluding carboxylic acids is 4. The Labute approximate surface area is 189 Å². The molecule has 0 fully saturated rings. The quantitative estimate of drug-likeness (QED) is 0.210. The Bertz CT molecular complexity index is 1050. The van der Waals surface area contributed by atoms with Gasteiger partial charge in [0, 0.05) is 23.5 Å². The number of nitrogens with one attached hydrogen (secondary N) is 4. The maximum Gasteiger partial charge on any atom is 0.325 e. The largest absolute Gasteiger partial charge is 0.480 e. The molecule has 4 atom stereocenters. The van der Waals surface area contributed by atoms with Crippen LogP contribution in [-0.4, -0.2) is 63.9 Å². The Hall–Kier alpha value is -3.93. The predicted octanol–water partition coefficient (Wildman–Crippen LogP) is -1.51. The van der Waals surface area contributed by atoms with Crippen LogP contribution < -0.4 is 27.4 Å². The summed E-state index contributed by atoms with van der Waals surface area (Å²) in [6.45, 7) is 2.68. The van der Waals surface area contributed by atoms with Gasteiger partial charge in [-0.05, 0) is 25.5 Å². The SMILES string of the molecule is CC(N)C(=O)NC(Cc1c[nH]c2ccccc12)C(=O)NC(CC(N)=O)C(=O)NC(C)C(=O)O. The van der Waals surface area contributed by atoms with Crippen molar-refractivity contribution < 1.29 is 29.1 Å². The number of carboxylic acids is 1. The van der Waals surface area contributed by atoms with E-state index in [1.807, 2.05) is 24.3 Å². The highest BCUT2D eigenvalue weighted by molar-refractivity contribution is 5.96. The molecule has 0 saturated heterocycles. The summed E-state index contributed by atoms with van der Waals surface area (Å²) in [6, 6.07) is 2.64. The fourth-order valence-electron chi connectivity index (χ4n) is 3.09. The lowest BCUT2D eigenvalue weighted by atomic mass is 10.0. The Balaban J connectivity index is 2.26. The summed E-state index contributed by atoms with van der Waals surface area (Å²) in [5.41, 5.74) is 12.4. The number of rotatable bonds is 11. The first-order valence-corrected chi connectivity index (χ1v) is 10.2. The number of aromatic nitrogens is 1. The molecule has 9 N–H and O–H groups in total. The molecule has 0 spiro atoms. The minimum absolute atomic E-state index is 0.0603. The van der Waals surface area contributed by atoms with Gasteiger partial charge in [0.15, 0.2) is 0 Å². The molecule has 0 saturated carbocycles. The maximum atomic E-state index is 13.1. The van der Waals surface area contributed by atoms with Gasteiger partial charge < -0.3 is 37.5 Å². The summed E-state index contributed by atoms with van der Waals surface area (Å²) < 4.78 is 0. The summed E-state index contributed by atoms with van der Waals surface area (Å²) in [4.78, 5) is 63.3. The van der Waals surface area contributed by atoms with Crippen LogP contribution in [0.2, 0.25) is 0 Å². The standard InChI is InChI=1S/C21H28N6O6/c1-10(22)18(29)26-15(7-12-9-24-14-6-4-3-5-13(12)14)20(31)27-16(8-17(23)28)19(30)25-11(2)21(32)33/h3-6,9-11,15-16,24H,7-8,22H2,1-2H3,(H2,23,28)(H,25,30)(H,26,29)(H,27,31)(H,32,33). The zero-order chi connectivity index (χ0) is 24.7. The summed E-state index contributed by atoms with van der Waals surface area (Å²) in [5.74, 6) is -4.44. The van der Waals surface area contributed by atoms with Crippen molar-refractivity contribution >= 4 is 40.5 Å². The molecule has 12 nitrogen and oxygen atoms in total. The fraction of sp³-hybridized carbons (Fsp3) is 0.381. The van der Waals surface area contributed by atoms with Gasteiger partial charge in [-0.2, -0.15) is 0 Å². The van der Waals surface area contributed by atoms with Crippen molar-refractivity contribution in [2.45, 2.75) is 50.9 Å². The minimum atomic E-state index is -1.44. The molecule has 4 amide bonds. The fourth-order valence-corrected chi connectivity index (χ4v) is 3.09. The van der Waals surface area contributed by atoms with Crippen LogP contribution in [-0.2, 0) is 30.4 Å². The molecule has 33 heavy (non-hydrogen) atoms. The molecule has 0 bridgehead atoms. The van der Waals surface area contributed by atoms with Crippen LogP contribution in [0.4, 0.5) is 0 Å². The average Bonchev–Trinajstić information content (AvgIpc) is 3.14. The topological polar surface area (TPSA) is 209 Å². The van der Waals surface area contributed by atoms with E-state index in [9.17, 15) is 24.0 Å². The summed E-state index contributed by atoms with van der Waals surface area (Å²) >= 11 is 0. The van der Waals surface area contributed by atoms with Gasteiger partial charge in [0.05, 0.1) is 12.5 Å². The third-order valence-electron chi connectivity index (χ3n) is 4.91. The van der Waals surface area contributed by atoms with Gasteiger partial charge in [-0.1, -0.05) is 18.2 Å². The van der Waals surface area contributed by atoms with Crippen molar-refractivity contribution in [3.8, 4) is 0 Å². The third-order valence-corrected chi connectivity index (χ3v) is 4.91. The highest BCUT2D eigenvalue weighted by atomic mass is 16.4. The van der Waals surface area contributed by atoms with Crippen molar-refractivity contribution in [1.29, 1.82) is 0 Å². The molecule has 178 valence electrons. The number of primary amides is 1. The second-order valence-corrected chi connectivity index (χ2v) is 7.71. The summed E-state index contributed by atoms with van der Waals surface area (Å²) in [5, 5.41) is 16.9. The van der Waals surface area contributed by atoms with E-state index in [1.165, 1.54) is 13.8 Å². The number of hydrogen-bond donors (Lipinski definition) is 7. The number of para-hydroxylation sites is 1. The van der Waals surface area contributed by atoms with E-state index in [2.05, 4.69) is 20.9 Å². The number of benzene rings is 1. The molecule has 2 aromatic rings. The lowest BCUT2D eigenvalue weighted by Gasteiger charge is -2.24. The number of carboxylic acid groups (broad SMARTS) is 1. The van der Waals surface area contributed by atoms with Crippen molar-refractivity contribution in [2.75, 3.05) is 0 Å². The van der Waals surface area contributed by atoms with Gasteiger partial charge in [0.1, 0.15) is 18.1 Å². The number of hydrogen-bond acceptors (Lipinski definition) is 6. The van der Waals surface area contributed by atoms with E-state index >= 15 is 0 Å². The second kappa shape index (κ2) is 11.1. The van der Waals surface area contributed by atoms with Crippen LogP contribution in [0.1, 0.15) is 25.8 Å². The van der Waals surface area contributed by atoms with Gasteiger partial charge in [0.2, 0.25) is 23.6 Å². The van der Waals surface area contributed by atoms with Crippen LogP contribution in [0.15, 0.2) is 30.5 Å². The second-order valence-electron chi connectivity index (χ2n) is 7.71. The van der Waals surface area contributed by atoms with Crippen molar-refractivity contribution in [2.24, 2.45) is 11.5 Å². The highest BCUT2D eigenvalue weighted by Gasteiger charge is 2.30. The highest BCUT2D eigenvalue weighted by Crippen LogP contribution is 2.19. The first-order valence-electron chi connectivity index (χ1n) is 10.2. The minimum Gasteiger partial charge on any atom is -0.480 e. The third kappa shape index (κ3) is 7.04. The number of H-pyrrole nitrogens is 1. The van der Waals surface area contributed by atoms with E-state index in [1.54, 1.807) is 6.20 Å². The number of aromatic amines is 1. The molecule has 0 radical (unpaired) electrons. The number of nitrogens with two attached hydrogens (primary N) is 2. The van der Waals surface area contributed by atoms with Gasteiger partial charge in [-0.25, -0.2) is 0 Å². The Morgan fingerprint density at radius 2 is 1.58 bits per heavy atom. The van der Waals surface area contributed by atoms with Crippen LogP contribution in [0.3, 0.4) is 0 Å². The van der Waals surface area contributed by atoms with Crippen molar-refractivity contribution in [3.05, 3.63) is 36.0 Å². The summed E-state index contributed by atoms with van der Waals surface area (Å²) in [6.07, 6.45) is 1.20. The molecule has 1 aromatic carbocycles. The monoisotopic (exact) mass is 460 g/mol. The molecular weight excluding hydrogens is 432 g/mol. The van der Waals surface area contributed by atoms with E-state index in [0.717, 1.165) is 16.5 Å².